The zero-order valence-corrected chi connectivity index (χ0v) is 14.3. The number of hydrogen-bond acceptors (Lipinski definition) is 3. The molecule has 0 aliphatic heterocycles. The number of rotatable bonds is 7. The summed E-state index contributed by atoms with van der Waals surface area (Å²) in [6.07, 6.45) is 0.364. The predicted octanol–water partition coefficient (Wildman–Crippen LogP) is 3.33. The van der Waals surface area contributed by atoms with Gasteiger partial charge < -0.3 is 0 Å². The molecule has 118 valence electrons. The SMILES string of the molecule is CCC(=O)c1cccc(S(=O)(=O)N(CC(C)C)C(C)C)c1. The van der Waals surface area contributed by atoms with Crippen LogP contribution in [0.5, 0.6) is 0 Å². The van der Waals surface area contributed by atoms with Crippen molar-refractivity contribution in [2.45, 2.75) is 52.0 Å². The van der Waals surface area contributed by atoms with Gasteiger partial charge in [0.2, 0.25) is 10.0 Å². The van der Waals surface area contributed by atoms with Gasteiger partial charge in [-0.05, 0) is 31.9 Å². The van der Waals surface area contributed by atoms with Crippen LogP contribution in [0.4, 0.5) is 0 Å². The molecule has 4 nitrogen and oxygen atoms in total. The van der Waals surface area contributed by atoms with Gasteiger partial charge in [0.15, 0.2) is 5.78 Å². The Morgan fingerprint density at radius 3 is 2.29 bits per heavy atom. The standard InChI is InChI=1S/C16H25NO3S/c1-6-16(18)14-8-7-9-15(10-14)21(19,20)17(13(4)5)11-12(2)3/h7-10,12-13H,6,11H2,1-5H3. The van der Waals surface area contributed by atoms with E-state index in [4.69, 9.17) is 0 Å². The number of carbonyl (C=O) groups excluding carboxylic acids is 1. The molecule has 1 aromatic rings. The molecule has 21 heavy (non-hydrogen) atoms. The van der Waals surface area contributed by atoms with E-state index in [-0.39, 0.29) is 22.6 Å². The molecule has 0 aromatic heterocycles. The van der Waals surface area contributed by atoms with Gasteiger partial charge in [-0.1, -0.05) is 32.9 Å². The first kappa shape index (κ1) is 17.9. The van der Waals surface area contributed by atoms with Crippen LogP contribution in [0.3, 0.4) is 0 Å². The average Bonchev–Trinajstić information content (AvgIpc) is 2.43. The largest absolute Gasteiger partial charge is 0.294 e. The molecule has 5 heteroatoms. The average molecular weight is 311 g/mol. The zero-order valence-electron chi connectivity index (χ0n) is 13.5. The zero-order chi connectivity index (χ0) is 16.2. The number of Topliss-reactive ketones (excluding diaryl/α,β-unsaturated/α-hetero) is 1. The summed E-state index contributed by atoms with van der Waals surface area (Å²) >= 11 is 0. The molecular formula is C16H25NO3S. The maximum absolute atomic E-state index is 12.8. The van der Waals surface area contributed by atoms with Crippen molar-refractivity contribution < 1.29 is 13.2 Å². The molecule has 0 unspecified atom stereocenters. The molecule has 0 aliphatic carbocycles. The summed E-state index contributed by atoms with van der Waals surface area (Å²) in [5, 5.41) is 0. The van der Waals surface area contributed by atoms with E-state index in [1.54, 1.807) is 25.1 Å². The van der Waals surface area contributed by atoms with E-state index in [9.17, 15) is 13.2 Å². The second-order valence-electron chi connectivity index (χ2n) is 5.87. The summed E-state index contributed by atoms with van der Waals surface area (Å²) in [6.45, 7) is 9.93. The Kier molecular flexibility index (Phi) is 6.10. The molecule has 0 aliphatic rings. The minimum absolute atomic E-state index is 0.0491. The number of benzene rings is 1. The van der Waals surface area contributed by atoms with E-state index in [2.05, 4.69) is 0 Å². The van der Waals surface area contributed by atoms with Crippen LogP contribution in [0.1, 0.15) is 51.4 Å². The molecule has 0 atom stereocenters. The third-order valence-corrected chi connectivity index (χ3v) is 5.24. The first-order valence-corrected chi connectivity index (χ1v) is 8.79. The first-order valence-electron chi connectivity index (χ1n) is 7.35. The van der Waals surface area contributed by atoms with Crippen LogP contribution in [0.25, 0.3) is 0 Å². The van der Waals surface area contributed by atoms with Gasteiger partial charge in [-0.25, -0.2) is 8.42 Å². The topological polar surface area (TPSA) is 54.5 Å². The quantitative estimate of drug-likeness (QED) is 0.726. The minimum Gasteiger partial charge on any atom is -0.294 e. The van der Waals surface area contributed by atoms with Crippen molar-refractivity contribution in [2.75, 3.05) is 6.54 Å². The summed E-state index contributed by atoms with van der Waals surface area (Å²) in [5.41, 5.74) is 0.451. The van der Waals surface area contributed by atoms with Gasteiger partial charge in [0.1, 0.15) is 0 Å². The second kappa shape index (κ2) is 7.18. The fraction of sp³-hybridized carbons (Fsp3) is 0.562. The smallest absolute Gasteiger partial charge is 0.243 e. The van der Waals surface area contributed by atoms with Crippen LogP contribution >= 0.6 is 0 Å². The number of sulfonamides is 1. The van der Waals surface area contributed by atoms with Crippen LogP contribution in [0.2, 0.25) is 0 Å². The summed E-state index contributed by atoms with van der Waals surface area (Å²) < 4.78 is 27.1. The lowest BCUT2D eigenvalue weighted by molar-refractivity contribution is 0.0988. The normalized spacial score (nSPS) is 12.4. The van der Waals surface area contributed by atoms with E-state index >= 15 is 0 Å². The molecule has 0 heterocycles. The molecule has 1 aromatic carbocycles. The Morgan fingerprint density at radius 1 is 1.19 bits per heavy atom. The molecule has 0 saturated carbocycles. The van der Waals surface area contributed by atoms with Crippen molar-refractivity contribution in [3.8, 4) is 0 Å². The van der Waals surface area contributed by atoms with Crippen LogP contribution < -0.4 is 0 Å². The maximum Gasteiger partial charge on any atom is 0.243 e. The van der Waals surface area contributed by atoms with Gasteiger partial charge in [0, 0.05) is 24.6 Å². The van der Waals surface area contributed by atoms with Crippen molar-refractivity contribution in [2.24, 2.45) is 5.92 Å². The van der Waals surface area contributed by atoms with Crippen LogP contribution in [-0.2, 0) is 10.0 Å². The Morgan fingerprint density at radius 2 is 1.81 bits per heavy atom. The number of nitrogens with zero attached hydrogens (tertiary/aromatic N) is 1. The van der Waals surface area contributed by atoms with Gasteiger partial charge in [-0.2, -0.15) is 4.31 Å². The molecule has 0 radical (unpaired) electrons. The summed E-state index contributed by atoms with van der Waals surface area (Å²) in [4.78, 5) is 12.0. The highest BCUT2D eigenvalue weighted by Crippen LogP contribution is 2.21. The van der Waals surface area contributed by atoms with E-state index < -0.39 is 10.0 Å². The van der Waals surface area contributed by atoms with E-state index in [1.807, 2.05) is 27.7 Å². The summed E-state index contributed by atoms with van der Waals surface area (Å²) in [5.74, 6) is 0.189. The predicted molar refractivity (Wildman–Crippen MR) is 84.9 cm³/mol. The molecule has 0 bridgehead atoms. The van der Waals surface area contributed by atoms with Gasteiger partial charge in [0.25, 0.3) is 0 Å². The highest BCUT2D eigenvalue weighted by Gasteiger charge is 2.28. The highest BCUT2D eigenvalue weighted by atomic mass is 32.2. The Bertz CT molecular complexity index is 591. The number of hydrogen-bond donors (Lipinski definition) is 0. The fourth-order valence-electron chi connectivity index (χ4n) is 2.12. The molecule has 0 saturated heterocycles. The lowest BCUT2D eigenvalue weighted by Gasteiger charge is -2.27. The fourth-order valence-corrected chi connectivity index (χ4v) is 3.96. The van der Waals surface area contributed by atoms with E-state index in [0.29, 0.717) is 18.5 Å². The lowest BCUT2D eigenvalue weighted by atomic mass is 10.1. The van der Waals surface area contributed by atoms with Crippen LogP contribution in [-0.4, -0.2) is 31.1 Å². The third kappa shape index (κ3) is 4.38. The molecule has 1 rings (SSSR count). The molecule has 0 N–H and O–H groups in total. The summed E-state index contributed by atoms with van der Waals surface area (Å²) in [6, 6.07) is 6.20. The van der Waals surface area contributed by atoms with Gasteiger partial charge >= 0.3 is 0 Å². The Balaban J connectivity index is 3.25. The third-order valence-electron chi connectivity index (χ3n) is 3.20. The first-order chi connectivity index (χ1) is 9.70. The van der Waals surface area contributed by atoms with Gasteiger partial charge in [-0.3, -0.25) is 4.79 Å². The Labute approximate surface area is 128 Å². The lowest BCUT2D eigenvalue weighted by Crippen LogP contribution is -2.39. The molecule has 0 fully saturated rings. The van der Waals surface area contributed by atoms with Crippen LogP contribution in [0.15, 0.2) is 29.2 Å². The Hall–Kier alpha value is -1.20. The second-order valence-corrected chi connectivity index (χ2v) is 7.76. The van der Waals surface area contributed by atoms with Crippen molar-refractivity contribution in [1.82, 2.24) is 4.31 Å². The van der Waals surface area contributed by atoms with Crippen molar-refractivity contribution >= 4 is 15.8 Å². The van der Waals surface area contributed by atoms with Crippen LogP contribution in [0, 0.1) is 5.92 Å². The minimum atomic E-state index is -3.58. The summed E-state index contributed by atoms with van der Waals surface area (Å²) in [7, 11) is -3.58. The van der Waals surface area contributed by atoms with Crippen molar-refractivity contribution in [1.29, 1.82) is 0 Å². The molecular weight excluding hydrogens is 286 g/mol. The van der Waals surface area contributed by atoms with Gasteiger partial charge in [-0.15, -0.1) is 0 Å². The van der Waals surface area contributed by atoms with Gasteiger partial charge in [0.05, 0.1) is 4.90 Å². The number of carbonyl (C=O) groups is 1. The maximum atomic E-state index is 12.8. The molecule has 0 amide bonds. The monoisotopic (exact) mass is 311 g/mol. The molecule has 0 spiro atoms. The van der Waals surface area contributed by atoms with Crippen molar-refractivity contribution in [3.63, 3.8) is 0 Å². The van der Waals surface area contributed by atoms with E-state index in [1.165, 1.54) is 10.4 Å². The highest BCUT2D eigenvalue weighted by molar-refractivity contribution is 7.89. The number of ketones is 1. The van der Waals surface area contributed by atoms with E-state index in [0.717, 1.165) is 0 Å². The van der Waals surface area contributed by atoms with Crippen molar-refractivity contribution in [3.05, 3.63) is 29.8 Å².